The van der Waals surface area contributed by atoms with Crippen LogP contribution in [-0.4, -0.2) is 26.1 Å². The van der Waals surface area contributed by atoms with Crippen molar-refractivity contribution in [1.82, 2.24) is 19.5 Å². The third-order valence-electron chi connectivity index (χ3n) is 10.9. The van der Waals surface area contributed by atoms with Crippen LogP contribution < -0.4 is 4.90 Å². The van der Waals surface area contributed by atoms with Crippen molar-refractivity contribution in [2.75, 3.05) is 11.4 Å². The summed E-state index contributed by atoms with van der Waals surface area (Å²) in [6.07, 6.45) is 14.1. The normalized spacial score (nSPS) is 13.6. The lowest BCUT2D eigenvalue weighted by atomic mass is 9.96. The Kier molecular flexibility index (Phi) is 9.06. The average Bonchev–Trinajstić information content (AvgIpc) is 3.67. The summed E-state index contributed by atoms with van der Waals surface area (Å²) in [4.78, 5) is 17.1. The van der Waals surface area contributed by atoms with E-state index in [2.05, 4.69) is 143 Å². The maximum absolute atomic E-state index is 5.68. The summed E-state index contributed by atoms with van der Waals surface area (Å²) in [5.41, 5.74) is 13.4. The van der Waals surface area contributed by atoms with Crippen LogP contribution in [0.15, 0.2) is 201 Å². The Morgan fingerprint density at radius 3 is 1.75 bits per heavy atom. The number of aromatic nitrogens is 4. The zero-order valence-electron chi connectivity index (χ0n) is 32.2. The van der Waals surface area contributed by atoms with E-state index in [4.69, 9.17) is 21.4 Å². The van der Waals surface area contributed by atoms with E-state index in [-0.39, 0.29) is 0 Å². The number of benzene rings is 7. The van der Waals surface area contributed by atoms with Gasteiger partial charge < -0.3 is 9.47 Å². The van der Waals surface area contributed by atoms with Gasteiger partial charge in [0.2, 0.25) is 0 Å². The summed E-state index contributed by atoms with van der Waals surface area (Å²) in [6, 6.07) is 58.9. The maximum atomic E-state index is 5.68. The molecule has 0 amide bonds. The topological polar surface area (TPSA) is 46.8 Å². The third-order valence-corrected chi connectivity index (χ3v) is 10.9. The fraction of sp³-hybridized carbons (Fsp3) is 0.0185. The lowest BCUT2D eigenvalue weighted by Gasteiger charge is -2.27. The summed E-state index contributed by atoms with van der Waals surface area (Å²) in [6.45, 7) is 5.21. The molecule has 0 atom stereocenters. The maximum Gasteiger partial charge on any atom is 0.164 e. The minimum absolute atomic E-state index is 0.624. The fourth-order valence-corrected chi connectivity index (χ4v) is 7.92. The molecular weight excluding hydrogens is 719 g/mol. The van der Waals surface area contributed by atoms with E-state index in [1.165, 1.54) is 10.8 Å². The van der Waals surface area contributed by atoms with Crippen molar-refractivity contribution in [2.24, 2.45) is 0 Å². The number of nitrogens with zero attached hydrogens (tertiary/aromatic N) is 5. The molecule has 0 saturated carbocycles. The van der Waals surface area contributed by atoms with E-state index < -0.39 is 0 Å². The number of para-hydroxylation sites is 1. The molecule has 9 aromatic rings. The zero-order valence-corrected chi connectivity index (χ0v) is 32.2. The number of hydrogen-bond donors (Lipinski definition) is 0. The SMILES string of the molecule is C#Cc1ccc(N2C/C=C\C=C/C(=C)c3cc(-c4ccc5c6ccccc6n(-c6ccc(-c7nc(-c8ccccc8)nc(-c8ccccc8)n7)cc6)c5c4)ccc32)cc1. The molecule has 0 unspecified atom stereocenters. The lowest BCUT2D eigenvalue weighted by molar-refractivity contribution is 1.07. The van der Waals surface area contributed by atoms with Crippen molar-refractivity contribution in [2.45, 2.75) is 0 Å². The predicted molar refractivity (Wildman–Crippen MR) is 245 cm³/mol. The summed E-state index contributed by atoms with van der Waals surface area (Å²) >= 11 is 0. The summed E-state index contributed by atoms with van der Waals surface area (Å²) in [5, 5.41) is 2.39. The van der Waals surface area contributed by atoms with Crippen molar-refractivity contribution in [1.29, 1.82) is 0 Å². The number of hydrogen-bond acceptors (Lipinski definition) is 4. The van der Waals surface area contributed by atoms with Crippen molar-refractivity contribution < 1.29 is 0 Å². The van der Waals surface area contributed by atoms with Gasteiger partial charge in [-0.1, -0.05) is 134 Å². The highest BCUT2D eigenvalue weighted by molar-refractivity contribution is 6.10. The van der Waals surface area contributed by atoms with Crippen LogP contribution in [0.25, 0.3) is 78.4 Å². The van der Waals surface area contributed by atoms with E-state index in [1.807, 2.05) is 72.8 Å². The first-order valence-electron chi connectivity index (χ1n) is 19.6. The second kappa shape index (κ2) is 15.1. The first kappa shape index (κ1) is 35.4. The second-order valence-electron chi connectivity index (χ2n) is 14.5. The van der Waals surface area contributed by atoms with Crippen LogP contribution in [0.2, 0.25) is 0 Å². The molecule has 3 heterocycles. The van der Waals surface area contributed by atoms with Gasteiger partial charge in [-0.15, -0.1) is 6.42 Å². The Hall–Kier alpha value is -8.07. The molecule has 1 aliphatic rings. The molecule has 5 nitrogen and oxygen atoms in total. The number of terminal acetylenes is 1. The molecule has 0 saturated heterocycles. The second-order valence-corrected chi connectivity index (χ2v) is 14.5. The third kappa shape index (κ3) is 6.69. The van der Waals surface area contributed by atoms with Crippen molar-refractivity contribution >= 4 is 38.8 Å². The molecule has 0 radical (unpaired) electrons. The van der Waals surface area contributed by atoms with Crippen LogP contribution in [-0.2, 0) is 0 Å². The summed E-state index contributed by atoms with van der Waals surface area (Å²) in [7, 11) is 0. The van der Waals surface area contributed by atoms with Gasteiger partial charge in [0.05, 0.1) is 11.0 Å². The number of allylic oxidation sites excluding steroid dienone is 4. The van der Waals surface area contributed by atoms with Crippen LogP contribution in [0.5, 0.6) is 0 Å². The highest BCUT2D eigenvalue weighted by Crippen LogP contribution is 2.39. The molecule has 10 rings (SSSR count). The monoisotopic (exact) mass is 755 g/mol. The van der Waals surface area contributed by atoms with E-state index in [1.54, 1.807) is 0 Å². The minimum atomic E-state index is 0.624. The van der Waals surface area contributed by atoms with Crippen LogP contribution in [0, 0.1) is 12.3 Å². The Morgan fingerprint density at radius 2 is 1.07 bits per heavy atom. The van der Waals surface area contributed by atoms with Crippen molar-refractivity contribution in [3.63, 3.8) is 0 Å². The molecular formula is C54H37N5. The first-order chi connectivity index (χ1) is 29.1. The molecule has 2 aromatic heterocycles. The van der Waals surface area contributed by atoms with Crippen molar-refractivity contribution in [3.05, 3.63) is 212 Å². The van der Waals surface area contributed by atoms with Gasteiger partial charge >= 0.3 is 0 Å². The average molecular weight is 756 g/mol. The lowest BCUT2D eigenvalue weighted by Crippen LogP contribution is -2.18. The summed E-state index contributed by atoms with van der Waals surface area (Å²) in [5.74, 6) is 4.64. The number of rotatable bonds is 6. The van der Waals surface area contributed by atoms with Gasteiger partial charge in [0, 0.05) is 62.2 Å². The van der Waals surface area contributed by atoms with Crippen LogP contribution >= 0.6 is 0 Å². The molecule has 0 aliphatic carbocycles. The molecule has 0 N–H and O–H groups in total. The molecule has 0 fully saturated rings. The Labute approximate surface area is 343 Å². The van der Waals surface area contributed by atoms with Crippen molar-refractivity contribution in [3.8, 4) is 63.3 Å². The minimum Gasteiger partial charge on any atom is -0.337 e. The Morgan fingerprint density at radius 1 is 0.508 bits per heavy atom. The van der Waals surface area contributed by atoms with Gasteiger partial charge in [-0.3, -0.25) is 0 Å². The summed E-state index contributed by atoms with van der Waals surface area (Å²) < 4.78 is 2.35. The smallest absolute Gasteiger partial charge is 0.164 e. The number of anilines is 2. The van der Waals surface area contributed by atoms with Crippen LogP contribution in [0.4, 0.5) is 11.4 Å². The van der Waals surface area contributed by atoms with Crippen LogP contribution in [0.3, 0.4) is 0 Å². The van der Waals surface area contributed by atoms with E-state index in [0.717, 1.165) is 72.6 Å². The Balaban J connectivity index is 1.06. The van der Waals surface area contributed by atoms with Gasteiger partial charge in [0.1, 0.15) is 0 Å². The van der Waals surface area contributed by atoms with Gasteiger partial charge in [-0.2, -0.15) is 0 Å². The Bertz CT molecular complexity index is 3070. The van der Waals surface area contributed by atoms with Gasteiger partial charge in [-0.05, 0) is 89.5 Å². The van der Waals surface area contributed by atoms with E-state index in [9.17, 15) is 0 Å². The quantitative estimate of drug-likeness (QED) is 0.159. The van der Waals surface area contributed by atoms with Crippen LogP contribution in [0.1, 0.15) is 11.1 Å². The molecule has 1 aliphatic heterocycles. The zero-order chi connectivity index (χ0) is 39.7. The molecule has 278 valence electrons. The number of fused-ring (bicyclic) bond motifs is 4. The highest BCUT2D eigenvalue weighted by atomic mass is 15.1. The molecule has 0 spiro atoms. The molecule has 7 aromatic carbocycles. The highest BCUT2D eigenvalue weighted by Gasteiger charge is 2.19. The van der Waals surface area contributed by atoms with Gasteiger partial charge in [0.25, 0.3) is 0 Å². The predicted octanol–water partition coefficient (Wildman–Crippen LogP) is 12.9. The molecule has 59 heavy (non-hydrogen) atoms. The van der Waals surface area contributed by atoms with E-state index in [0.29, 0.717) is 24.0 Å². The first-order valence-corrected chi connectivity index (χ1v) is 19.6. The molecule has 5 heteroatoms. The van der Waals surface area contributed by atoms with Gasteiger partial charge in [-0.25, -0.2) is 15.0 Å². The van der Waals surface area contributed by atoms with Gasteiger partial charge in [0.15, 0.2) is 17.5 Å². The fourth-order valence-electron chi connectivity index (χ4n) is 7.92. The van der Waals surface area contributed by atoms with E-state index >= 15 is 0 Å². The molecule has 0 bridgehead atoms. The largest absolute Gasteiger partial charge is 0.337 e. The standard InChI is InChI=1S/C54H37N5/c1-3-38-22-28-44(29-23-38)58-34-14-6-7-15-37(2)48-35-42(27-33-49(48)58)43-26-32-47-46-20-12-13-21-50(46)59(51(47)36-43)45-30-24-41(25-31-45)54-56-52(39-16-8-4-9-17-39)55-53(57-54)40-18-10-5-11-19-40/h1,4-33,35-36H,2,34H2/b14-6-,15-7-.